The Kier molecular flexibility index (Phi) is 6.11. The van der Waals surface area contributed by atoms with E-state index in [0.717, 1.165) is 0 Å². The van der Waals surface area contributed by atoms with E-state index in [9.17, 15) is 22.4 Å². The van der Waals surface area contributed by atoms with E-state index in [0.29, 0.717) is 11.3 Å². The summed E-state index contributed by atoms with van der Waals surface area (Å²) in [6.45, 7) is -1.85. The summed E-state index contributed by atoms with van der Waals surface area (Å²) in [7, 11) is 0. The van der Waals surface area contributed by atoms with Crippen molar-refractivity contribution in [2.45, 2.75) is 18.8 Å². The van der Waals surface area contributed by atoms with Crippen molar-refractivity contribution in [2.24, 2.45) is 0 Å². The van der Waals surface area contributed by atoms with Gasteiger partial charge in [-0.1, -0.05) is 6.07 Å². The Bertz CT molecular complexity index is 529. The molecule has 1 rings (SSSR count). The van der Waals surface area contributed by atoms with E-state index in [-0.39, 0.29) is 6.42 Å². The summed E-state index contributed by atoms with van der Waals surface area (Å²) in [5.74, 6) is -4.76. The van der Waals surface area contributed by atoms with E-state index in [1.165, 1.54) is 6.07 Å². The van der Waals surface area contributed by atoms with E-state index in [4.69, 9.17) is 5.26 Å². The van der Waals surface area contributed by atoms with Crippen LogP contribution in [0, 0.1) is 11.3 Å². The second-order valence-electron chi connectivity index (χ2n) is 4.11. The lowest BCUT2D eigenvalue weighted by atomic mass is 10.2. The summed E-state index contributed by atoms with van der Waals surface area (Å²) in [6.07, 6.45) is -4.07. The van der Waals surface area contributed by atoms with Crippen molar-refractivity contribution in [3.8, 4) is 6.07 Å². The molecule has 1 aromatic carbocycles. The Morgan fingerprint density at radius 3 is 2.76 bits per heavy atom. The quantitative estimate of drug-likeness (QED) is 0.622. The average molecular weight is 304 g/mol. The van der Waals surface area contributed by atoms with E-state index < -0.39 is 31.5 Å². The van der Waals surface area contributed by atoms with Gasteiger partial charge in [0, 0.05) is 5.69 Å². The number of carbonyl (C=O) groups is 1. The number of nitrogens with zero attached hydrogens (tertiary/aromatic N) is 1. The number of benzene rings is 1. The van der Waals surface area contributed by atoms with Gasteiger partial charge in [0.1, 0.15) is 6.61 Å². The summed E-state index contributed by atoms with van der Waals surface area (Å²) >= 11 is 0. The fourth-order valence-corrected chi connectivity index (χ4v) is 1.33. The normalized spacial score (nSPS) is 11.2. The minimum Gasteiger partial charge on any atom is -0.374 e. The van der Waals surface area contributed by atoms with E-state index in [2.05, 4.69) is 10.1 Å². The van der Waals surface area contributed by atoms with Gasteiger partial charge in [0.05, 0.1) is 24.7 Å². The molecular weight excluding hydrogens is 292 g/mol. The minimum absolute atomic E-state index is 0.268. The first-order valence-corrected chi connectivity index (χ1v) is 5.89. The highest BCUT2D eigenvalue weighted by Gasteiger charge is 2.40. The van der Waals surface area contributed by atoms with Crippen LogP contribution < -0.4 is 5.32 Å². The molecule has 0 aliphatic heterocycles. The number of carbonyl (C=O) groups excluding carboxylic acids is 1. The molecule has 0 aliphatic rings. The third-order valence-corrected chi connectivity index (χ3v) is 2.36. The molecule has 0 fully saturated rings. The molecule has 0 spiro atoms. The molecule has 4 nitrogen and oxygen atoms in total. The van der Waals surface area contributed by atoms with Gasteiger partial charge in [-0.15, -0.1) is 0 Å². The number of amides is 1. The van der Waals surface area contributed by atoms with Crippen molar-refractivity contribution in [1.82, 2.24) is 0 Å². The van der Waals surface area contributed by atoms with Crippen molar-refractivity contribution < 1.29 is 27.1 Å². The molecule has 0 saturated carbocycles. The molecule has 21 heavy (non-hydrogen) atoms. The number of halogens is 4. The van der Waals surface area contributed by atoms with Crippen LogP contribution in [0.1, 0.15) is 12.0 Å². The summed E-state index contributed by atoms with van der Waals surface area (Å²) < 4.78 is 53.0. The van der Waals surface area contributed by atoms with Crippen molar-refractivity contribution in [3.63, 3.8) is 0 Å². The maximum Gasteiger partial charge on any atom is 0.330 e. The second kappa shape index (κ2) is 7.59. The second-order valence-corrected chi connectivity index (χ2v) is 4.11. The number of hydrogen-bond acceptors (Lipinski definition) is 3. The van der Waals surface area contributed by atoms with Crippen molar-refractivity contribution in [3.05, 3.63) is 29.8 Å². The molecule has 114 valence electrons. The summed E-state index contributed by atoms with van der Waals surface area (Å²) in [5.41, 5.74) is 0.720. The number of hydrogen-bond donors (Lipinski definition) is 1. The lowest BCUT2D eigenvalue weighted by molar-refractivity contribution is -0.166. The molecule has 0 saturated heterocycles. The van der Waals surface area contributed by atoms with Crippen LogP contribution in [0.3, 0.4) is 0 Å². The molecule has 1 amide bonds. The third-order valence-electron chi connectivity index (χ3n) is 2.36. The molecule has 0 heterocycles. The fourth-order valence-electron chi connectivity index (χ4n) is 1.33. The topological polar surface area (TPSA) is 62.1 Å². The van der Waals surface area contributed by atoms with Gasteiger partial charge in [0.15, 0.2) is 0 Å². The van der Waals surface area contributed by atoms with Crippen LogP contribution >= 0.6 is 0 Å². The molecular formula is C13H12F4N2O2. The Balaban J connectivity index is 2.33. The zero-order valence-corrected chi connectivity index (χ0v) is 10.8. The van der Waals surface area contributed by atoms with Gasteiger partial charge in [0.25, 0.3) is 0 Å². The monoisotopic (exact) mass is 304 g/mol. The number of nitrogens with one attached hydrogen (secondary N) is 1. The highest BCUT2D eigenvalue weighted by atomic mass is 19.3. The zero-order valence-electron chi connectivity index (χ0n) is 10.8. The summed E-state index contributed by atoms with van der Waals surface area (Å²) in [5, 5.41) is 11.1. The Morgan fingerprint density at radius 1 is 1.43 bits per heavy atom. The number of nitriles is 1. The predicted molar refractivity (Wildman–Crippen MR) is 66.2 cm³/mol. The minimum atomic E-state index is -4.22. The Labute approximate surface area is 118 Å². The van der Waals surface area contributed by atoms with E-state index in [1.54, 1.807) is 18.2 Å². The number of rotatable bonds is 7. The molecule has 8 heteroatoms. The zero-order chi connectivity index (χ0) is 15.9. The van der Waals surface area contributed by atoms with Crippen LogP contribution in [0.4, 0.5) is 23.2 Å². The van der Waals surface area contributed by atoms with Crippen molar-refractivity contribution >= 4 is 11.6 Å². The molecule has 0 aromatic heterocycles. The molecule has 0 unspecified atom stereocenters. The van der Waals surface area contributed by atoms with Crippen LogP contribution in [-0.2, 0) is 9.53 Å². The predicted octanol–water partition coefficient (Wildman–Crippen LogP) is 2.80. The van der Waals surface area contributed by atoms with Gasteiger partial charge in [-0.3, -0.25) is 4.79 Å². The van der Waals surface area contributed by atoms with Gasteiger partial charge in [-0.25, -0.2) is 8.78 Å². The molecule has 0 aliphatic carbocycles. The molecule has 1 aromatic rings. The van der Waals surface area contributed by atoms with E-state index >= 15 is 0 Å². The van der Waals surface area contributed by atoms with Crippen LogP contribution in [0.2, 0.25) is 0 Å². The smallest absolute Gasteiger partial charge is 0.330 e. The van der Waals surface area contributed by atoms with Gasteiger partial charge in [-0.05, 0) is 18.2 Å². The lowest BCUT2D eigenvalue weighted by Crippen LogP contribution is -2.32. The van der Waals surface area contributed by atoms with Crippen LogP contribution in [0.15, 0.2) is 24.3 Å². The average Bonchev–Trinajstić information content (AvgIpc) is 2.43. The largest absolute Gasteiger partial charge is 0.374 e. The van der Waals surface area contributed by atoms with Gasteiger partial charge < -0.3 is 10.1 Å². The van der Waals surface area contributed by atoms with Crippen molar-refractivity contribution in [1.29, 1.82) is 5.26 Å². The molecule has 0 radical (unpaired) electrons. The van der Waals surface area contributed by atoms with Gasteiger partial charge in [0.2, 0.25) is 5.91 Å². The maximum absolute atomic E-state index is 12.5. The van der Waals surface area contributed by atoms with Crippen molar-refractivity contribution in [2.75, 3.05) is 18.5 Å². The first-order valence-electron chi connectivity index (χ1n) is 5.89. The number of alkyl halides is 4. The molecule has 1 N–H and O–H groups in total. The Morgan fingerprint density at radius 2 is 2.14 bits per heavy atom. The van der Waals surface area contributed by atoms with Gasteiger partial charge in [-0.2, -0.15) is 14.0 Å². The third kappa shape index (κ3) is 5.79. The summed E-state index contributed by atoms with van der Waals surface area (Å²) in [6, 6.07) is 7.98. The standard InChI is InChI=1S/C13H12F4N2O2/c14-12(15)13(16,17)8-21-5-4-11(20)19-10-3-1-2-9(6-10)7-18/h1-3,6,12H,4-5,8H2,(H,19,20). The number of anilines is 1. The highest BCUT2D eigenvalue weighted by Crippen LogP contribution is 2.22. The molecule has 0 atom stereocenters. The fraction of sp³-hybridized carbons (Fsp3) is 0.385. The maximum atomic E-state index is 12.5. The van der Waals surface area contributed by atoms with Crippen LogP contribution in [-0.4, -0.2) is 31.5 Å². The summed E-state index contributed by atoms with van der Waals surface area (Å²) in [4.78, 5) is 11.5. The van der Waals surface area contributed by atoms with Gasteiger partial charge >= 0.3 is 12.3 Å². The first kappa shape index (κ1) is 16.9. The Hall–Kier alpha value is -2.14. The van der Waals surface area contributed by atoms with Crippen LogP contribution in [0.25, 0.3) is 0 Å². The number of ether oxygens (including phenoxy) is 1. The first-order chi connectivity index (χ1) is 9.85. The SMILES string of the molecule is N#Cc1cccc(NC(=O)CCOCC(F)(F)C(F)F)c1. The lowest BCUT2D eigenvalue weighted by Gasteiger charge is -2.14. The van der Waals surface area contributed by atoms with E-state index in [1.807, 2.05) is 6.07 Å². The van der Waals surface area contributed by atoms with Crippen LogP contribution in [0.5, 0.6) is 0 Å². The molecule has 0 bridgehead atoms. The highest BCUT2D eigenvalue weighted by molar-refractivity contribution is 5.90.